The van der Waals surface area contributed by atoms with E-state index in [0.29, 0.717) is 13.1 Å². The average Bonchev–Trinajstić information content (AvgIpc) is 2.54. The maximum atomic E-state index is 12.5. The van der Waals surface area contributed by atoms with Crippen molar-refractivity contribution in [2.24, 2.45) is 5.73 Å². The van der Waals surface area contributed by atoms with Crippen LogP contribution in [-0.4, -0.2) is 49.6 Å². The molecular formula is C17H28ClN3O2. The maximum Gasteiger partial charge on any atom is 0.242 e. The number of benzene rings is 1. The summed E-state index contributed by atoms with van der Waals surface area (Å²) in [4.78, 5) is 16.7. The average molecular weight is 342 g/mol. The van der Waals surface area contributed by atoms with Gasteiger partial charge in [-0.3, -0.25) is 4.79 Å². The Morgan fingerprint density at radius 1 is 1.30 bits per heavy atom. The first-order chi connectivity index (χ1) is 10.5. The summed E-state index contributed by atoms with van der Waals surface area (Å²) in [6, 6.07) is 8.03. The van der Waals surface area contributed by atoms with Crippen molar-refractivity contribution in [2.45, 2.75) is 32.2 Å². The second kappa shape index (κ2) is 8.41. The third-order valence-electron chi connectivity index (χ3n) is 4.24. The van der Waals surface area contributed by atoms with Crippen molar-refractivity contribution in [3.63, 3.8) is 0 Å². The fourth-order valence-corrected chi connectivity index (χ4v) is 2.96. The molecule has 2 rings (SSSR count). The second-order valence-corrected chi connectivity index (χ2v) is 6.15. The molecule has 5 nitrogen and oxygen atoms in total. The summed E-state index contributed by atoms with van der Waals surface area (Å²) in [5.74, 6) is 0.924. The van der Waals surface area contributed by atoms with Crippen molar-refractivity contribution < 1.29 is 9.53 Å². The Bertz CT molecular complexity index is 514. The fourth-order valence-electron chi connectivity index (χ4n) is 2.96. The van der Waals surface area contributed by atoms with Gasteiger partial charge in [-0.05, 0) is 25.5 Å². The Morgan fingerprint density at radius 3 is 2.52 bits per heavy atom. The van der Waals surface area contributed by atoms with Crippen LogP contribution in [-0.2, 0) is 4.79 Å². The van der Waals surface area contributed by atoms with Gasteiger partial charge in [0.2, 0.25) is 5.91 Å². The van der Waals surface area contributed by atoms with Crippen molar-refractivity contribution in [1.82, 2.24) is 4.90 Å². The number of hydrogen-bond acceptors (Lipinski definition) is 4. The van der Waals surface area contributed by atoms with Crippen LogP contribution in [0.25, 0.3) is 0 Å². The van der Waals surface area contributed by atoms with E-state index in [1.165, 1.54) is 0 Å². The number of nitrogens with two attached hydrogens (primary N) is 1. The first-order valence-corrected chi connectivity index (χ1v) is 7.95. The van der Waals surface area contributed by atoms with Gasteiger partial charge in [0.15, 0.2) is 0 Å². The van der Waals surface area contributed by atoms with E-state index in [0.717, 1.165) is 37.4 Å². The highest BCUT2D eigenvalue weighted by Crippen LogP contribution is 2.23. The summed E-state index contributed by atoms with van der Waals surface area (Å²) < 4.78 is 5.27. The number of halogens is 1. The summed E-state index contributed by atoms with van der Waals surface area (Å²) in [7, 11) is 1.67. The van der Waals surface area contributed by atoms with E-state index in [4.69, 9.17) is 10.5 Å². The first kappa shape index (κ1) is 19.6. The monoisotopic (exact) mass is 341 g/mol. The molecule has 0 radical (unpaired) electrons. The molecule has 0 bridgehead atoms. The van der Waals surface area contributed by atoms with Gasteiger partial charge in [0.05, 0.1) is 12.6 Å². The van der Waals surface area contributed by atoms with Gasteiger partial charge in [0.1, 0.15) is 5.75 Å². The van der Waals surface area contributed by atoms with Crippen LogP contribution in [0, 0.1) is 0 Å². The molecule has 1 saturated heterocycles. The lowest BCUT2D eigenvalue weighted by Gasteiger charge is -2.39. The topological polar surface area (TPSA) is 58.8 Å². The SMILES string of the molecule is CCCC(C)(N)C(=O)N1CCN(c2cccc(OC)c2)CC1.Cl. The lowest BCUT2D eigenvalue weighted by molar-refractivity contribution is -0.137. The molecule has 2 N–H and O–H groups in total. The van der Waals surface area contributed by atoms with E-state index in [2.05, 4.69) is 17.9 Å². The smallest absolute Gasteiger partial charge is 0.242 e. The van der Waals surface area contributed by atoms with Gasteiger partial charge >= 0.3 is 0 Å². The number of anilines is 1. The normalized spacial score (nSPS) is 17.2. The van der Waals surface area contributed by atoms with Gasteiger partial charge in [0, 0.05) is 37.9 Å². The molecular weight excluding hydrogens is 314 g/mol. The number of hydrogen-bond donors (Lipinski definition) is 1. The summed E-state index contributed by atoms with van der Waals surface area (Å²) in [6.07, 6.45) is 1.64. The molecule has 1 atom stereocenters. The minimum absolute atomic E-state index is 0. The predicted octanol–water partition coefficient (Wildman–Crippen LogP) is 2.28. The summed E-state index contributed by atoms with van der Waals surface area (Å²) >= 11 is 0. The van der Waals surface area contributed by atoms with Crippen molar-refractivity contribution in [3.8, 4) is 5.75 Å². The van der Waals surface area contributed by atoms with Crippen LogP contribution >= 0.6 is 12.4 Å². The Kier molecular flexibility index (Phi) is 7.16. The number of nitrogens with zero attached hydrogens (tertiary/aromatic N) is 2. The van der Waals surface area contributed by atoms with E-state index in [-0.39, 0.29) is 18.3 Å². The molecule has 1 heterocycles. The number of amides is 1. The number of ether oxygens (including phenoxy) is 1. The van der Waals surface area contributed by atoms with Crippen molar-refractivity contribution in [3.05, 3.63) is 24.3 Å². The molecule has 0 aromatic heterocycles. The highest BCUT2D eigenvalue weighted by Gasteiger charge is 2.33. The highest BCUT2D eigenvalue weighted by atomic mass is 35.5. The van der Waals surface area contributed by atoms with Gasteiger partial charge in [-0.25, -0.2) is 0 Å². The Hall–Kier alpha value is -1.46. The minimum Gasteiger partial charge on any atom is -0.497 e. The Morgan fingerprint density at radius 2 is 1.96 bits per heavy atom. The zero-order valence-corrected chi connectivity index (χ0v) is 15.1. The fraction of sp³-hybridized carbons (Fsp3) is 0.588. The molecule has 1 unspecified atom stereocenters. The van der Waals surface area contributed by atoms with E-state index in [1.807, 2.05) is 30.0 Å². The van der Waals surface area contributed by atoms with E-state index >= 15 is 0 Å². The zero-order chi connectivity index (χ0) is 16.2. The molecule has 6 heteroatoms. The van der Waals surface area contributed by atoms with Crippen molar-refractivity contribution in [2.75, 3.05) is 38.2 Å². The molecule has 0 aliphatic carbocycles. The number of carbonyl (C=O) groups excluding carboxylic acids is 1. The molecule has 0 saturated carbocycles. The van der Waals surface area contributed by atoms with Crippen LogP contribution in [0.3, 0.4) is 0 Å². The van der Waals surface area contributed by atoms with Gasteiger partial charge in [-0.1, -0.05) is 19.4 Å². The van der Waals surface area contributed by atoms with E-state index in [1.54, 1.807) is 7.11 Å². The third-order valence-corrected chi connectivity index (χ3v) is 4.24. The van der Waals surface area contributed by atoms with Crippen LogP contribution in [0.1, 0.15) is 26.7 Å². The van der Waals surface area contributed by atoms with Gasteiger partial charge < -0.3 is 20.3 Å². The minimum atomic E-state index is -0.743. The summed E-state index contributed by atoms with van der Waals surface area (Å²) in [5.41, 5.74) is 6.56. The molecule has 1 amide bonds. The predicted molar refractivity (Wildman–Crippen MR) is 96.5 cm³/mol. The lowest BCUT2D eigenvalue weighted by atomic mass is 9.95. The Labute approximate surface area is 145 Å². The van der Waals surface area contributed by atoms with Crippen LogP contribution in [0.4, 0.5) is 5.69 Å². The first-order valence-electron chi connectivity index (χ1n) is 7.95. The summed E-state index contributed by atoms with van der Waals surface area (Å²) in [6.45, 7) is 6.97. The molecule has 0 spiro atoms. The molecule has 1 aromatic carbocycles. The van der Waals surface area contributed by atoms with Crippen LogP contribution in [0.5, 0.6) is 5.75 Å². The zero-order valence-electron chi connectivity index (χ0n) is 14.2. The maximum absolute atomic E-state index is 12.5. The van der Waals surface area contributed by atoms with Crippen molar-refractivity contribution >= 4 is 24.0 Å². The molecule has 1 aliphatic heterocycles. The molecule has 1 aromatic rings. The molecule has 23 heavy (non-hydrogen) atoms. The van der Waals surface area contributed by atoms with E-state index < -0.39 is 5.54 Å². The Balaban J connectivity index is 0.00000264. The standard InChI is InChI=1S/C17H27N3O2.ClH/c1-4-8-17(2,18)16(21)20-11-9-19(10-12-20)14-6-5-7-15(13-14)22-3;/h5-7,13H,4,8-12,18H2,1-3H3;1H. The molecule has 130 valence electrons. The quantitative estimate of drug-likeness (QED) is 0.892. The summed E-state index contributed by atoms with van der Waals surface area (Å²) in [5, 5.41) is 0. The van der Waals surface area contributed by atoms with E-state index in [9.17, 15) is 4.79 Å². The number of rotatable bonds is 5. The second-order valence-electron chi connectivity index (χ2n) is 6.15. The highest BCUT2D eigenvalue weighted by molar-refractivity contribution is 5.86. The largest absolute Gasteiger partial charge is 0.497 e. The van der Waals surface area contributed by atoms with Gasteiger partial charge in [-0.2, -0.15) is 0 Å². The number of methoxy groups -OCH3 is 1. The molecule has 1 fully saturated rings. The van der Waals surface area contributed by atoms with Crippen molar-refractivity contribution in [1.29, 1.82) is 0 Å². The van der Waals surface area contributed by atoms with Crippen LogP contribution < -0.4 is 15.4 Å². The number of piperazine rings is 1. The van der Waals surface area contributed by atoms with Crippen LogP contribution in [0.2, 0.25) is 0 Å². The third kappa shape index (κ3) is 4.75. The van der Waals surface area contributed by atoms with Gasteiger partial charge in [-0.15, -0.1) is 12.4 Å². The lowest BCUT2D eigenvalue weighted by Crippen LogP contribution is -2.58. The van der Waals surface area contributed by atoms with Gasteiger partial charge in [0.25, 0.3) is 0 Å². The number of carbonyl (C=O) groups is 1. The van der Waals surface area contributed by atoms with Crippen LogP contribution in [0.15, 0.2) is 24.3 Å². The molecule has 1 aliphatic rings.